The Balaban J connectivity index is 1.64. The number of rotatable bonds is 11. The maximum Gasteiger partial charge on any atom is 0.407 e. The number of carbonyl (C=O) groups is 1. The zero-order valence-electron chi connectivity index (χ0n) is 29.1. The lowest BCUT2D eigenvalue weighted by Crippen LogP contribution is -2.43. The standard InChI is InChI=1S/C33H56FN5O4Si/c1-22(36-30(40)42-32(5,6)7)14-13-17-41-29-20-27(25(34)21-35-29)37-28-19-26(38-39(28)31(2,3)4)23-15-16-24(18-23)43-44(11,12)33(8,9)10/h19-24H,13-18H2,1-12H3,(H,35,37)(H,36,40)/t22-,23-,24+/m0/s1. The van der Waals surface area contributed by atoms with Gasteiger partial charge in [0.2, 0.25) is 5.88 Å². The summed E-state index contributed by atoms with van der Waals surface area (Å²) in [6, 6.07) is 3.55. The number of nitrogens with zero attached hydrogens (tertiary/aromatic N) is 3. The molecule has 0 radical (unpaired) electrons. The van der Waals surface area contributed by atoms with E-state index in [9.17, 15) is 9.18 Å². The molecule has 9 nitrogen and oxygen atoms in total. The fraction of sp³-hybridized carbons (Fsp3) is 0.727. The van der Waals surface area contributed by atoms with Crippen molar-refractivity contribution in [2.24, 2.45) is 0 Å². The molecule has 1 saturated carbocycles. The number of carbonyl (C=O) groups excluding carboxylic acids is 1. The Morgan fingerprint density at radius 2 is 1.80 bits per heavy atom. The molecule has 1 fully saturated rings. The summed E-state index contributed by atoms with van der Waals surface area (Å²) >= 11 is 0. The van der Waals surface area contributed by atoms with Gasteiger partial charge in [0.15, 0.2) is 14.1 Å². The maximum absolute atomic E-state index is 15.0. The average molecular weight is 634 g/mol. The van der Waals surface area contributed by atoms with Gasteiger partial charge in [-0.25, -0.2) is 18.9 Å². The van der Waals surface area contributed by atoms with Crippen LogP contribution in [0.15, 0.2) is 18.3 Å². The topological polar surface area (TPSA) is 99.5 Å². The van der Waals surface area contributed by atoms with Gasteiger partial charge in [-0.15, -0.1) is 0 Å². The highest BCUT2D eigenvalue weighted by atomic mass is 28.4. The summed E-state index contributed by atoms with van der Waals surface area (Å²) in [5, 5.41) is 11.3. The molecule has 11 heteroatoms. The number of aromatic nitrogens is 3. The van der Waals surface area contributed by atoms with Gasteiger partial charge in [-0.2, -0.15) is 5.10 Å². The Labute approximate surface area is 265 Å². The van der Waals surface area contributed by atoms with Crippen LogP contribution in [0.25, 0.3) is 0 Å². The molecule has 1 amide bonds. The van der Waals surface area contributed by atoms with Crippen LogP contribution in [0.3, 0.4) is 0 Å². The zero-order valence-corrected chi connectivity index (χ0v) is 30.1. The van der Waals surface area contributed by atoms with Gasteiger partial charge in [-0.1, -0.05) is 20.8 Å². The summed E-state index contributed by atoms with van der Waals surface area (Å²) in [6.07, 6.45) is 5.34. The van der Waals surface area contributed by atoms with Gasteiger partial charge in [-0.05, 0) is 98.7 Å². The largest absolute Gasteiger partial charge is 0.478 e. The molecular formula is C33H56FN5O4Si. The van der Waals surface area contributed by atoms with Gasteiger partial charge in [0, 0.05) is 30.2 Å². The van der Waals surface area contributed by atoms with E-state index in [1.807, 2.05) is 38.4 Å². The number of nitrogens with one attached hydrogen (secondary N) is 2. The molecule has 0 saturated heterocycles. The van der Waals surface area contributed by atoms with Crippen molar-refractivity contribution in [3.63, 3.8) is 0 Å². The lowest BCUT2D eigenvalue weighted by atomic mass is 10.0. The first-order chi connectivity index (χ1) is 20.1. The van der Waals surface area contributed by atoms with Crippen LogP contribution in [-0.4, -0.2) is 53.5 Å². The van der Waals surface area contributed by atoms with Crippen LogP contribution in [0.1, 0.15) is 113 Å². The Bertz CT molecular complexity index is 1260. The molecule has 1 aliphatic rings. The quantitative estimate of drug-likeness (QED) is 0.189. The van der Waals surface area contributed by atoms with E-state index in [1.165, 1.54) is 6.20 Å². The Kier molecular flexibility index (Phi) is 11.2. The number of hydrogen-bond acceptors (Lipinski definition) is 7. The third-order valence-corrected chi connectivity index (χ3v) is 12.9. The first-order valence-electron chi connectivity index (χ1n) is 16.0. The summed E-state index contributed by atoms with van der Waals surface area (Å²) in [7, 11) is -1.85. The highest BCUT2D eigenvalue weighted by molar-refractivity contribution is 6.74. The summed E-state index contributed by atoms with van der Waals surface area (Å²) in [6.45, 7) is 25.5. The second-order valence-corrected chi connectivity index (χ2v) is 20.5. The number of hydrogen-bond donors (Lipinski definition) is 2. The van der Waals surface area contributed by atoms with Crippen molar-refractivity contribution in [3.05, 3.63) is 29.8 Å². The second kappa shape index (κ2) is 13.8. The van der Waals surface area contributed by atoms with Gasteiger partial charge in [0.25, 0.3) is 0 Å². The molecule has 0 unspecified atom stereocenters. The highest BCUT2D eigenvalue weighted by Gasteiger charge is 2.41. The Morgan fingerprint density at radius 1 is 1.11 bits per heavy atom. The van der Waals surface area contributed by atoms with E-state index in [0.29, 0.717) is 31.2 Å². The first kappa shape index (κ1) is 35.8. The normalized spacial score (nSPS) is 18.7. The predicted octanol–water partition coefficient (Wildman–Crippen LogP) is 8.65. The lowest BCUT2D eigenvalue weighted by molar-refractivity contribution is 0.0504. The SMILES string of the molecule is C[C@@H](CCCOc1cc(Nc2cc([C@H]3CC[C@@H](O[Si](C)(C)C(C)(C)C)C3)nn2C(C)(C)C)c(F)cn1)NC(=O)OC(C)(C)C. The van der Waals surface area contributed by atoms with Crippen LogP contribution in [0.2, 0.25) is 18.1 Å². The number of anilines is 2. The molecule has 0 spiro atoms. The van der Waals surface area contributed by atoms with Crippen LogP contribution in [0.5, 0.6) is 5.88 Å². The summed E-state index contributed by atoms with van der Waals surface area (Å²) in [5.74, 6) is 0.867. The Hall–Kier alpha value is -2.66. The number of alkyl carbamates (subject to hydrolysis) is 1. The first-order valence-corrected chi connectivity index (χ1v) is 18.9. The monoisotopic (exact) mass is 633 g/mol. The van der Waals surface area contributed by atoms with Crippen molar-refractivity contribution in [2.75, 3.05) is 11.9 Å². The third-order valence-electron chi connectivity index (χ3n) is 8.32. The Morgan fingerprint density at radius 3 is 2.41 bits per heavy atom. The van der Waals surface area contributed by atoms with Gasteiger partial charge in [-0.3, -0.25) is 0 Å². The third kappa shape index (κ3) is 10.2. The molecule has 44 heavy (non-hydrogen) atoms. The molecule has 2 aromatic rings. The minimum absolute atomic E-state index is 0.0764. The maximum atomic E-state index is 15.0. The smallest absolute Gasteiger partial charge is 0.407 e. The van der Waals surface area contributed by atoms with Crippen molar-refractivity contribution in [1.82, 2.24) is 20.1 Å². The number of pyridine rings is 1. The molecule has 2 heterocycles. The van der Waals surface area contributed by atoms with Crippen molar-refractivity contribution in [1.29, 1.82) is 0 Å². The molecule has 2 aromatic heterocycles. The number of ether oxygens (including phenoxy) is 2. The zero-order chi connectivity index (χ0) is 33.1. The second-order valence-electron chi connectivity index (χ2n) is 15.7. The van der Waals surface area contributed by atoms with Gasteiger partial charge >= 0.3 is 6.09 Å². The van der Waals surface area contributed by atoms with Crippen LogP contribution >= 0.6 is 0 Å². The average Bonchev–Trinajstić information content (AvgIpc) is 3.48. The summed E-state index contributed by atoms with van der Waals surface area (Å²) < 4.78 is 34.8. The highest BCUT2D eigenvalue weighted by Crippen LogP contribution is 2.43. The molecule has 2 N–H and O–H groups in total. The van der Waals surface area contributed by atoms with Crippen LogP contribution in [-0.2, 0) is 14.7 Å². The lowest BCUT2D eigenvalue weighted by Gasteiger charge is -2.38. The van der Waals surface area contributed by atoms with Crippen molar-refractivity contribution in [3.8, 4) is 5.88 Å². The molecular weight excluding hydrogens is 577 g/mol. The van der Waals surface area contributed by atoms with E-state index >= 15 is 0 Å². The van der Waals surface area contributed by atoms with E-state index < -0.39 is 25.8 Å². The fourth-order valence-corrected chi connectivity index (χ4v) is 6.39. The van der Waals surface area contributed by atoms with E-state index in [0.717, 1.165) is 30.8 Å². The molecule has 0 aliphatic heterocycles. The van der Waals surface area contributed by atoms with E-state index in [4.69, 9.17) is 19.0 Å². The van der Waals surface area contributed by atoms with Crippen molar-refractivity contribution >= 4 is 25.9 Å². The van der Waals surface area contributed by atoms with Gasteiger partial charge < -0.3 is 24.5 Å². The van der Waals surface area contributed by atoms with E-state index in [2.05, 4.69) is 70.3 Å². The minimum Gasteiger partial charge on any atom is -0.478 e. The predicted molar refractivity (Wildman–Crippen MR) is 177 cm³/mol. The summed E-state index contributed by atoms with van der Waals surface area (Å²) in [5.41, 5.74) is 0.419. The fourth-order valence-electron chi connectivity index (χ4n) is 4.99. The van der Waals surface area contributed by atoms with Gasteiger partial charge in [0.05, 0.1) is 29.7 Å². The van der Waals surface area contributed by atoms with Crippen LogP contribution in [0, 0.1) is 5.82 Å². The summed E-state index contributed by atoms with van der Waals surface area (Å²) in [4.78, 5) is 16.1. The van der Waals surface area contributed by atoms with Crippen LogP contribution < -0.4 is 15.4 Å². The molecule has 248 valence electrons. The molecule has 3 rings (SSSR count). The number of halogens is 1. The molecule has 0 bridgehead atoms. The molecule has 3 atom stereocenters. The molecule has 0 aromatic carbocycles. The minimum atomic E-state index is -1.85. The van der Waals surface area contributed by atoms with Crippen molar-refractivity contribution in [2.45, 2.75) is 149 Å². The molecule has 1 aliphatic carbocycles. The van der Waals surface area contributed by atoms with Crippen molar-refractivity contribution < 1.29 is 23.1 Å². The van der Waals surface area contributed by atoms with Crippen LogP contribution in [0.4, 0.5) is 20.7 Å². The van der Waals surface area contributed by atoms with E-state index in [-0.39, 0.29) is 28.4 Å². The van der Waals surface area contributed by atoms with Gasteiger partial charge in [0.1, 0.15) is 11.4 Å². The van der Waals surface area contributed by atoms with E-state index in [1.54, 1.807) is 6.07 Å². The number of amides is 1.